The molecule has 0 radical (unpaired) electrons. The maximum Gasteiger partial charge on any atom is 0.295 e. The summed E-state index contributed by atoms with van der Waals surface area (Å²) in [5.41, 5.74) is 2.61. The highest BCUT2D eigenvalue weighted by Crippen LogP contribution is 2.43. The van der Waals surface area contributed by atoms with E-state index in [1.54, 1.807) is 31.4 Å². The van der Waals surface area contributed by atoms with Gasteiger partial charge in [0.05, 0.1) is 29.3 Å². The summed E-state index contributed by atoms with van der Waals surface area (Å²) in [6, 6.07) is 19.5. The zero-order valence-electron chi connectivity index (χ0n) is 21.6. The Morgan fingerprint density at radius 2 is 1.79 bits per heavy atom. The summed E-state index contributed by atoms with van der Waals surface area (Å²) < 4.78 is 16.6. The highest BCUT2D eigenvalue weighted by atomic mass is 35.5. The third-order valence-electron chi connectivity index (χ3n) is 6.36. The molecule has 38 heavy (non-hydrogen) atoms. The molecule has 3 aromatic rings. The standard InChI is InChI=1S/C30H30ClNO6/c1-19-15-23(29(37-3)24(31)16-19)27(33)25-26(32(13-8-14-36-2)30(35)28(25)34)21-11-7-12-22(17-21)38-18-20-9-5-4-6-10-20/h4-7,9-12,15-17,26,33H,8,13-14,18H2,1-3H3/b27-25+. The molecule has 4 rings (SSSR count). The number of aryl methyl sites for hydroxylation is 1. The van der Waals surface area contributed by atoms with E-state index in [0.717, 1.165) is 11.1 Å². The van der Waals surface area contributed by atoms with Crippen molar-refractivity contribution in [3.63, 3.8) is 0 Å². The van der Waals surface area contributed by atoms with Crippen molar-refractivity contribution in [1.82, 2.24) is 4.90 Å². The molecule has 0 aromatic heterocycles. The topological polar surface area (TPSA) is 85.3 Å². The molecule has 1 aliphatic heterocycles. The van der Waals surface area contributed by atoms with E-state index in [4.69, 9.17) is 25.8 Å². The van der Waals surface area contributed by atoms with Gasteiger partial charge in [0, 0.05) is 20.3 Å². The molecule has 198 valence electrons. The van der Waals surface area contributed by atoms with Crippen LogP contribution in [0.3, 0.4) is 0 Å². The lowest BCUT2D eigenvalue weighted by Crippen LogP contribution is -2.31. The van der Waals surface area contributed by atoms with Gasteiger partial charge in [0.1, 0.15) is 23.9 Å². The van der Waals surface area contributed by atoms with E-state index < -0.39 is 17.7 Å². The van der Waals surface area contributed by atoms with E-state index in [2.05, 4.69) is 0 Å². The molecule has 0 bridgehead atoms. The third kappa shape index (κ3) is 5.69. The van der Waals surface area contributed by atoms with Gasteiger partial charge in [0.2, 0.25) is 0 Å². The number of hydrogen-bond donors (Lipinski definition) is 1. The first kappa shape index (κ1) is 27.2. The van der Waals surface area contributed by atoms with E-state index >= 15 is 0 Å². The van der Waals surface area contributed by atoms with Crippen LogP contribution in [-0.4, -0.2) is 49.1 Å². The molecule has 1 atom stereocenters. The summed E-state index contributed by atoms with van der Waals surface area (Å²) in [5, 5.41) is 11.8. The minimum absolute atomic E-state index is 0.0346. The quantitative estimate of drug-likeness (QED) is 0.155. The number of nitrogens with zero attached hydrogens (tertiary/aromatic N) is 1. The van der Waals surface area contributed by atoms with Crippen LogP contribution in [0.1, 0.15) is 34.7 Å². The van der Waals surface area contributed by atoms with Crippen molar-refractivity contribution in [3.05, 3.63) is 99.6 Å². The van der Waals surface area contributed by atoms with Gasteiger partial charge < -0.3 is 24.2 Å². The van der Waals surface area contributed by atoms with E-state index in [9.17, 15) is 14.7 Å². The molecule has 1 saturated heterocycles. The lowest BCUT2D eigenvalue weighted by molar-refractivity contribution is -0.140. The fraction of sp³-hybridized carbons (Fsp3) is 0.267. The first-order valence-corrected chi connectivity index (χ1v) is 12.6. The van der Waals surface area contributed by atoms with Gasteiger partial charge in [-0.25, -0.2) is 0 Å². The zero-order chi connectivity index (χ0) is 27.2. The number of carbonyl (C=O) groups excluding carboxylic acids is 2. The number of halogens is 1. The third-order valence-corrected chi connectivity index (χ3v) is 6.64. The molecule has 1 N–H and O–H groups in total. The molecule has 1 heterocycles. The van der Waals surface area contributed by atoms with Crippen LogP contribution in [-0.2, 0) is 20.9 Å². The van der Waals surface area contributed by atoms with Crippen molar-refractivity contribution in [1.29, 1.82) is 0 Å². The Morgan fingerprint density at radius 3 is 2.50 bits per heavy atom. The molecule has 1 aliphatic rings. The largest absolute Gasteiger partial charge is 0.507 e. The summed E-state index contributed by atoms with van der Waals surface area (Å²) in [4.78, 5) is 28.0. The summed E-state index contributed by atoms with van der Waals surface area (Å²) >= 11 is 6.37. The number of amides is 1. The summed E-state index contributed by atoms with van der Waals surface area (Å²) in [5.74, 6) is -1.02. The van der Waals surface area contributed by atoms with Crippen LogP contribution in [0.2, 0.25) is 5.02 Å². The predicted molar refractivity (Wildman–Crippen MR) is 145 cm³/mol. The Balaban J connectivity index is 1.80. The second-order valence-electron chi connectivity index (χ2n) is 9.01. The van der Waals surface area contributed by atoms with Gasteiger partial charge in [-0.15, -0.1) is 0 Å². The van der Waals surface area contributed by atoms with Gasteiger partial charge >= 0.3 is 0 Å². The molecule has 1 unspecified atom stereocenters. The Labute approximate surface area is 227 Å². The van der Waals surface area contributed by atoms with Gasteiger partial charge in [-0.2, -0.15) is 0 Å². The lowest BCUT2D eigenvalue weighted by Gasteiger charge is -2.26. The first-order valence-electron chi connectivity index (χ1n) is 12.2. The monoisotopic (exact) mass is 535 g/mol. The fourth-order valence-electron chi connectivity index (χ4n) is 4.61. The molecular formula is C30H30ClNO6. The van der Waals surface area contributed by atoms with Crippen LogP contribution in [0.25, 0.3) is 5.76 Å². The van der Waals surface area contributed by atoms with Crippen molar-refractivity contribution in [2.45, 2.75) is 26.0 Å². The van der Waals surface area contributed by atoms with E-state index in [1.807, 2.05) is 49.4 Å². The molecule has 0 aliphatic carbocycles. The van der Waals surface area contributed by atoms with Crippen LogP contribution in [0.15, 0.2) is 72.3 Å². The number of ketones is 1. The summed E-state index contributed by atoms with van der Waals surface area (Å²) in [6.07, 6.45) is 0.518. The second kappa shape index (κ2) is 12.2. The average molecular weight is 536 g/mol. The molecule has 8 heteroatoms. The number of aliphatic hydroxyl groups is 1. The number of ether oxygens (including phenoxy) is 3. The van der Waals surface area contributed by atoms with Crippen LogP contribution >= 0.6 is 11.6 Å². The first-order chi connectivity index (χ1) is 18.3. The van der Waals surface area contributed by atoms with Crippen molar-refractivity contribution < 1.29 is 28.9 Å². The number of rotatable bonds is 10. The lowest BCUT2D eigenvalue weighted by atomic mass is 9.94. The maximum absolute atomic E-state index is 13.4. The minimum atomic E-state index is -0.837. The number of benzene rings is 3. The van der Waals surface area contributed by atoms with Crippen molar-refractivity contribution >= 4 is 29.1 Å². The van der Waals surface area contributed by atoms with Crippen LogP contribution in [0.4, 0.5) is 0 Å². The van der Waals surface area contributed by atoms with Gasteiger partial charge in [-0.3, -0.25) is 9.59 Å². The smallest absolute Gasteiger partial charge is 0.295 e. The Morgan fingerprint density at radius 1 is 1.03 bits per heavy atom. The second-order valence-corrected chi connectivity index (χ2v) is 9.42. The number of Topliss-reactive ketones (excluding diaryl/α,β-unsaturated/α-hetero) is 1. The van der Waals surface area contributed by atoms with Crippen LogP contribution < -0.4 is 9.47 Å². The van der Waals surface area contributed by atoms with Gasteiger partial charge in [-0.1, -0.05) is 54.1 Å². The highest BCUT2D eigenvalue weighted by molar-refractivity contribution is 6.46. The molecule has 0 spiro atoms. The average Bonchev–Trinajstić information content (AvgIpc) is 3.17. The summed E-state index contributed by atoms with van der Waals surface area (Å²) in [7, 11) is 3.01. The van der Waals surface area contributed by atoms with Crippen molar-refractivity contribution in [2.75, 3.05) is 27.4 Å². The van der Waals surface area contributed by atoms with Crippen molar-refractivity contribution in [2.24, 2.45) is 0 Å². The maximum atomic E-state index is 13.4. The number of aliphatic hydroxyl groups excluding tert-OH is 1. The summed E-state index contributed by atoms with van der Waals surface area (Å²) in [6.45, 7) is 2.85. The SMILES string of the molecule is COCCCN1C(=O)C(=O)/C(=C(/O)c2cc(C)cc(Cl)c2OC)C1c1cccc(OCc2ccccc2)c1. The Bertz CT molecular complexity index is 1350. The zero-order valence-corrected chi connectivity index (χ0v) is 22.3. The fourth-order valence-corrected chi connectivity index (χ4v) is 4.96. The number of carbonyl (C=O) groups is 2. The molecule has 0 saturated carbocycles. The van der Waals surface area contributed by atoms with Gasteiger partial charge in [0.15, 0.2) is 0 Å². The van der Waals surface area contributed by atoms with E-state index in [1.165, 1.54) is 12.0 Å². The van der Waals surface area contributed by atoms with Crippen LogP contribution in [0, 0.1) is 6.92 Å². The molecule has 7 nitrogen and oxygen atoms in total. The normalized spacial score (nSPS) is 16.6. The minimum Gasteiger partial charge on any atom is -0.507 e. The number of likely N-dealkylation sites (tertiary alicyclic amines) is 1. The van der Waals surface area contributed by atoms with Gasteiger partial charge in [0.25, 0.3) is 11.7 Å². The van der Waals surface area contributed by atoms with Crippen LogP contribution in [0.5, 0.6) is 11.5 Å². The van der Waals surface area contributed by atoms with Crippen molar-refractivity contribution in [3.8, 4) is 11.5 Å². The predicted octanol–water partition coefficient (Wildman–Crippen LogP) is 5.69. The number of hydrogen-bond acceptors (Lipinski definition) is 6. The highest BCUT2D eigenvalue weighted by Gasteiger charge is 2.46. The number of methoxy groups -OCH3 is 2. The molecule has 1 fully saturated rings. The Kier molecular flexibility index (Phi) is 8.71. The Hall–Kier alpha value is -3.81. The van der Waals surface area contributed by atoms with Gasteiger partial charge in [-0.05, 0) is 54.3 Å². The molecular weight excluding hydrogens is 506 g/mol. The van der Waals surface area contributed by atoms with E-state index in [0.29, 0.717) is 30.9 Å². The molecule has 3 aromatic carbocycles. The van der Waals surface area contributed by atoms with E-state index in [-0.39, 0.29) is 34.2 Å². The molecule has 1 amide bonds.